The lowest BCUT2D eigenvalue weighted by Crippen LogP contribution is -2.32. The number of aromatic nitrogens is 3. The number of carbonyl (C=O) groups is 1. The molecule has 1 aliphatic heterocycles. The van der Waals surface area contributed by atoms with Gasteiger partial charge in [0.2, 0.25) is 5.91 Å². The number of hydrogen-bond donors (Lipinski definition) is 2. The second-order valence-corrected chi connectivity index (χ2v) is 5.66. The van der Waals surface area contributed by atoms with Crippen molar-refractivity contribution in [3.63, 3.8) is 0 Å². The van der Waals surface area contributed by atoms with E-state index in [-0.39, 0.29) is 12.5 Å². The molecule has 2 aromatic heterocycles. The molecule has 0 aromatic carbocycles. The molecule has 7 heteroatoms. The number of hydrogen-bond acceptors (Lipinski definition) is 5. The van der Waals surface area contributed by atoms with Crippen molar-refractivity contribution in [1.29, 1.82) is 0 Å². The zero-order chi connectivity index (χ0) is 15.4. The minimum absolute atomic E-state index is 0.0747. The van der Waals surface area contributed by atoms with Crippen LogP contribution in [0.5, 0.6) is 0 Å². The first-order valence-corrected chi connectivity index (χ1v) is 7.63. The van der Waals surface area contributed by atoms with E-state index in [1.807, 2.05) is 19.1 Å². The van der Waals surface area contributed by atoms with Crippen LogP contribution in [0.1, 0.15) is 35.9 Å². The van der Waals surface area contributed by atoms with Gasteiger partial charge in [-0.15, -0.1) is 0 Å². The van der Waals surface area contributed by atoms with Gasteiger partial charge >= 0.3 is 0 Å². The Hall–Kier alpha value is -2.15. The van der Waals surface area contributed by atoms with Crippen LogP contribution >= 0.6 is 0 Å². The minimum atomic E-state index is -0.0747. The van der Waals surface area contributed by atoms with Crippen molar-refractivity contribution in [1.82, 2.24) is 25.6 Å². The Kier molecular flexibility index (Phi) is 4.53. The van der Waals surface area contributed by atoms with Crippen LogP contribution < -0.4 is 10.6 Å². The van der Waals surface area contributed by atoms with Crippen molar-refractivity contribution in [3.8, 4) is 0 Å². The Balaban J connectivity index is 1.56. The van der Waals surface area contributed by atoms with E-state index in [9.17, 15) is 4.79 Å². The van der Waals surface area contributed by atoms with Crippen molar-refractivity contribution in [2.24, 2.45) is 0 Å². The summed E-state index contributed by atoms with van der Waals surface area (Å²) >= 11 is 0. The first-order valence-electron chi connectivity index (χ1n) is 7.63. The summed E-state index contributed by atoms with van der Waals surface area (Å²) in [5, 5.41) is 14.4. The van der Waals surface area contributed by atoms with E-state index in [1.54, 1.807) is 10.9 Å². The number of carbonyl (C=O) groups excluding carboxylic acids is 1. The molecule has 1 fully saturated rings. The van der Waals surface area contributed by atoms with Gasteiger partial charge in [0.1, 0.15) is 18.0 Å². The van der Waals surface area contributed by atoms with Crippen LogP contribution in [-0.2, 0) is 17.9 Å². The molecular formula is C15H21N5O2. The normalized spacial score (nSPS) is 18.3. The zero-order valence-electron chi connectivity index (χ0n) is 12.7. The predicted octanol–water partition coefficient (Wildman–Crippen LogP) is 0.963. The Bertz CT molecular complexity index is 627. The highest BCUT2D eigenvalue weighted by molar-refractivity contribution is 5.75. The monoisotopic (exact) mass is 303 g/mol. The number of nitrogens with zero attached hydrogens (tertiary/aromatic N) is 3. The van der Waals surface area contributed by atoms with E-state index in [0.717, 1.165) is 43.1 Å². The Morgan fingerprint density at radius 3 is 3.23 bits per heavy atom. The van der Waals surface area contributed by atoms with Gasteiger partial charge in [-0.05, 0) is 32.4 Å². The Morgan fingerprint density at radius 2 is 2.50 bits per heavy atom. The smallest absolute Gasteiger partial charge is 0.242 e. The van der Waals surface area contributed by atoms with Crippen LogP contribution in [-0.4, -0.2) is 33.9 Å². The molecule has 1 saturated heterocycles. The number of piperidine rings is 1. The second kappa shape index (κ2) is 6.74. The van der Waals surface area contributed by atoms with Crippen molar-refractivity contribution in [3.05, 3.63) is 35.5 Å². The van der Waals surface area contributed by atoms with Gasteiger partial charge < -0.3 is 15.2 Å². The molecule has 118 valence electrons. The third kappa shape index (κ3) is 3.54. The molecule has 0 aliphatic carbocycles. The Morgan fingerprint density at radius 1 is 1.59 bits per heavy atom. The molecule has 1 amide bonds. The lowest BCUT2D eigenvalue weighted by molar-refractivity contribution is -0.122. The third-order valence-corrected chi connectivity index (χ3v) is 3.90. The maximum Gasteiger partial charge on any atom is 0.242 e. The highest BCUT2D eigenvalue weighted by atomic mass is 16.5. The summed E-state index contributed by atoms with van der Waals surface area (Å²) in [6, 6.07) is 3.82. The van der Waals surface area contributed by atoms with Gasteiger partial charge in [-0.1, -0.05) is 5.16 Å². The summed E-state index contributed by atoms with van der Waals surface area (Å²) in [5.74, 6) is 1.10. The molecule has 1 aliphatic rings. The fourth-order valence-corrected chi connectivity index (χ4v) is 2.81. The van der Waals surface area contributed by atoms with Crippen LogP contribution in [0.3, 0.4) is 0 Å². The minimum Gasteiger partial charge on any atom is -0.361 e. The van der Waals surface area contributed by atoms with E-state index >= 15 is 0 Å². The topological polar surface area (TPSA) is 85.0 Å². The molecule has 1 atom stereocenters. The molecule has 2 aromatic rings. The molecule has 3 rings (SSSR count). The van der Waals surface area contributed by atoms with Crippen LogP contribution in [0, 0.1) is 6.92 Å². The van der Waals surface area contributed by atoms with Gasteiger partial charge in [0, 0.05) is 30.4 Å². The summed E-state index contributed by atoms with van der Waals surface area (Å²) in [7, 11) is 0. The second-order valence-electron chi connectivity index (χ2n) is 5.66. The van der Waals surface area contributed by atoms with Crippen LogP contribution in [0.2, 0.25) is 0 Å². The van der Waals surface area contributed by atoms with E-state index in [0.29, 0.717) is 12.5 Å². The highest BCUT2D eigenvalue weighted by Crippen LogP contribution is 2.22. The Labute approximate surface area is 129 Å². The number of nitrogens with one attached hydrogen (secondary N) is 2. The number of aryl methyl sites for hydroxylation is 1. The predicted molar refractivity (Wildman–Crippen MR) is 80.2 cm³/mol. The van der Waals surface area contributed by atoms with Crippen LogP contribution in [0.4, 0.5) is 0 Å². The standard InChI is InChI=1S/C15H21N5O2/c1-11-7-13(19-22-11)9-17-15(21)10-20-14(4-6-18-20)12-3-2-5-16-8-12/h4,6-7,12,16H,2-3,5,8-10H2,1H3,(H,17,21)/t12-/m0/s1. The average Bonchev–Trinajstić information content (AvgIpc) is 3.15. The summed E-state index contributed by atoms with van der Waals surface area (Å²) in [6.45, 7) is 4.45. The van der Waals surface area contributed by atoms with Crippen molar-refractivity contribution in [2.45, 2.75) is 38.8 Å². The molecule has 0 saturated carbocycles. The molecule has 7 nitrogen and oxygen atoms in total. The maximum absolute atomic E-state index is 12.1. The first-order chi connectivity index (χ1) is 10.7. The highest BCUT2D eigenvalue weighted by Gasteiger charge is 2.19. The van der Waals surface area contributed by atoms with Crippen molar-refractivity contribution in [2.75, 3.05) is 13.1 Å². The van der Waals surface area contributed by atoms with E-state index < -0.39 is 0 Å². The molecule has 22 heavy (non-hydrogen) atoms. The molecule has 2 N–H and O–H groups in total. The fourth-order valence-electron chi connectivity index (χ4n) is 2.81. The van der Waals surface area contributed by atoms with Gasteiger partial charge in [0.05, 0.1) is 6.54 Å². The van der Waals surface area contributed by atoms with Gasteiger partial charge in [-0.25, -0.2) is 0 Å². The molecule has 0 radical (unpaired) electrons. The van der Waals surface area contributed by atoms with E-state index in [1.165, 1.54) is 0 Å². The quantitative estimate of drug-likeness (QED) is 0.859. The van der Waals surface area contributed by atoms with Crippen molar-refractivity contribution >= 4 is 5.91 Å². The third-order valence-electron chi connectivity index (χ3n) is 3.90. The van der Waals surface area contributed by atoms with Crippen molar-refractivity contribution < 1.29 is 9.32 Å². The lowest BCUT2D eigenvalue weighted by Gasteiger charge is -2.23. The van der Waals surface area contributed by atoms with E-state index in [4.69, 9.17) is 4.52 Å². The molecule has 0 bridgehead atoms. The van der Waals surface area contributed by atoms with Gasteiger partial charge in [-0.2, -0.15) is 5.10 Å². The molecule has 3 heterocycles. The van der Waals surface area contributed by atoms with Gasteiger partial charge in [0.15, 0.2) is 0 Å². The zero-order valence-corrected chi connectivity index (χ0v) is 12.7. The van der Waals surface area contributed by atoms with Crippen LogP contribution in [0.25, 0.3) is 0 Å². The summed E-state index contributed by atoms with van der Waals surface area (Å²) in [6.07, 6.45) is 4.06. The lowest BCUT2D eigenvalue weighted by atomic mass is 9.96. The molecule has 0 unspecified atom stereocenters. The van der Waals surface area contributed by atoms with Crippen LogP contribution in [0.15, 0.2) is 22.9 Å². The molecular weight excluding hydrogens is 282 g/mol. The maximum atomic E-state index is 12.1. The van der Waals surface area contributed by atoms with Gasteiger partial charge in [0.25, 0.3) is 0 Å². The molecule has 0 spiro atoms. The summed E-state index contributed by atoms with van der Waals surface area (Å²) in [5.41, 5.74) is 1.85. The average molecular weight is 303 g/mol. The van der Waals surface area contributed by atoms with E-state index in [2.05, 4.69) is 20.9 Å². The fraction of sp³-hybridized carbons (Fsp3) is 0.533. The SMILES string of the molecule is Cc1cc(CNC(=O)Cn2nccc2[C@H]2CCCNC2)no1. The van der Waals surface area contributed by atoms with Gasteiger partial charge in [-0.3, -0.25) is 9.48 Å². The number of amides is 1. The first kappa shape index (κ1) is 14.8. The summed E-state index contributed by atoms with van der Waals surface area (Å²) < 4.78 is 6.77. The largest absolute Gasteiger partial charge is 0.361 e. The summed E-state index contributed by atoms with van der Waals surface area (Å²) in [4.78, 5) is 12.1. The number of rotatable bonds is 5.